The van der Waals surface area contributed by atoms with Crippen molar-refractivity contribution in [1.82, 2.24) is 4.90 Å². The van der Waals surface area contributed by atoms with Crippen LogP contribution in [0.15, 0.2) is 24.3 Å². The lowest BCUT2D eigenvalue weighted by Gasteiger charge is -2.29. The van der Waals surface area contributed by atoms with E-state index < -0.39 is 0 Å². The molecule has 2 rings (SSSR count). The van der Waals surface area contributed by atoms with Crippen LogP contribution in [0.4, 0.5) is 0 Å². The van der Waals surface area contributed by atoms with Gasteiger partial charge in [0.25, 0.3) is 0 Å². The Kier molecular flexibility index (Phi) is 3.92. The summed E-state index contributed by atoms with van der Waals surface area (Å²) in [6.07, 6.45) is 2.42. The number of carbonyl (C=O) groups excluding carboxylic acids is 1. The number of nitrogens with zero attached hydrogens (tertiary/aromatic N) is 1. The molecule has 0 aliphatic carbocycles. The van der Waals surface area contributed by atoms with Crippen LogP contribution in [0.5, 0.6) is 0 Å². The van der Waals surface area contributed by atoms with Crippen LogP contribution in [0, 0.1) is 0 Å². The summed E-state index contributed by atoms with van der Waals surface area (Å²) < 4.78 is 0. The maximum atomic E-state index is 11.4. The Morgan fingerprint density at radius 2 is 1.88 bits per heavy atom. The number of hydrogen-bond donors (Lipinski definition) is 1. The van der Waals surface area contributed by atoms with Gasteiger partial charge in [-0.05, 0) is 44.5 Å². The van der Waals surface area contributed by atoms with Crippen molar-refractivity contribution >= 4 is 5.78 Å². The molecule has 0 bridgehead atoms. The molecule has 3 nitrogen and oxygen atoms in total. The highest BCUT2D eigenvalue weighted by Gasteiger charge is 2.18. The molecule has 1 saturated heterocycles. The molecule has 1 aliphatic rings. The first-order chi connectivity index (χ1) is 8.20. The van der Waals surface area contributed by atoms with Crippen molar-refractivity contribution in [2.45, 2.75) is 18.8 Å². The Morgan fingerprint density at radius 3 is 2.41 bits per heavy atom. The van der Waals surface area contributed by atoms with Gasteiger partial charge in [-0.25, -0.2) is 0 Å². The summed E-state index contributed by atoms with van der Waals surface area (Å²) in [5.41, 5.74) is 7.42. The molecule has 92 valence electrons. The predicted molar refractivity (Wildman–Crippen MR) is 69.3 cm³/mol. The lowest BCUT2D eigenvalue weighted by molar-refractivity contribution is 0.100. The second-order valence-corrected chi connectivity index (χ2v) is 4.83. The van der Waals surface area contributed by atoms with E-state index in [0.29, 0.717) is 5.92 Å². The van der Waals surface area contributed by atoms with Gasteiger partial charge in [0.05, 0.1) is 6.54 Å². The number of hydrogen-bond acceptors (Lipinski definition) is 3. The van der Waals surface area contributed by atoms with Crippen LogP contribution >= 0.6 is 0 Å². The van der Waals surface area contributed by atoms with Crippen LogP contribution in [-0.4, -0.2) is 37.4 Å². The Morgan fingerprint density at radius 1 is 1.29 bits per heavy atom. The van der Waals surface area contributed by atoms with Gasteiger partial charge in [0, 0.05) is 5.56 Å². The molecule has 0 atom stereocenters. The van der Waals surface area contributed by atoms with Gasteiger partial charge in [-0.15, -0.1) is 0 Å². The summed E-state index contributed by atoms with van der Waals surface area (Å²) in [5, 5.41) is 0. The SMILES string of the molecule is CN1CCC(c2ccc(C(=O)CN)cc2)CC1. The van der Waals surface area contributed by atoms with Gasteiger partial charge in [-0.3, -0.25) is 4.79 Å². The Hall–Kier alpha value is -1.19. The minimum absolute atomic E-state index is 0.0138. The van der Waals surface area contributed by atoms with Crippen molar-refractivity contribution in [2.24, 2.45) is 5.73 Å². The smallest absolute Gasteiger partial charge is 0.176 e. The number of piperidine rings is 1. The average Bonchev–Trinajstić information content (AvgIpc) is 2.39. The number of carbonyl (C=O) groups is 1. The van der Waals surface area contributed by atoms with E-state index in [1.54, 1.807) is 0 Å². The standard InChI is InChI=1S/C14H20N2O/c1-16-8-6-12(7-9-16)11-2-4-13(5-3-11)14(17)10-15/h2-5,12H,6-10,15H2,1H3. The summed E-state index contributed by atoms with van der Waals surface area (Å²) >= 11 is 0. The van der Waals surface area contributed by atoms with E-state index in [1.165, 1.54) is 18.4 Å². The van der Waals surface area contributed by atoms with Crippen LogP contribution in [-0.2, 0) is 0 Å². The molecule has 1 aliphatic heterocycles. The predicted octanol–water partition coefficient (Wildman–Crippen LogP) is 1.64. The summed E-state index contributed by atoms with van der Waals surface area (Å²) in [6.45, 7) is 2.41. The fraction of sp³-hybridized carbons (Fsp3) is 0.500. The molecular weight excluding hydrogens is 212 g/mol. The van der Waals surface area contributed by atoms with E-state index in [0.717, 1.165) is 18.7 Å². The molecule has 0 radical (unpaired) electrons. The maximum Gasteiger partial charge on any atom is 0.176 e. The number of Topliss-reactive ketones (excluding diaryl/α,β-unsaturated/α-hetero) is 1. The first-order valence-corrected chi connectivity index (χ1v) is 6.22. The largest absolute Gasteiger partial charge is 0.324 e. The van der Waals surface area contributed by atoms with Gasteiger partial charge in [0.2, 0.25) is 0 Å². The van der Waals surface area contributed by atoms with Gasteiger partial charge in [-0.1, -0.05) is 24.3 Å². The molecule has 0 spiro atoms. The van der Waals surface area contributed by atoms with Crippen molar-refractivity contribution in [3.05, 3.63) is 35.4 Å². The van der Waals surface area contributed by atoms with Crippen LogP contribution < -0.4 is 5.73 Å². The summed E-state index contributed by atoms with van der Waals surface area (Å²) in [7, 11) is 2.17. The quantitative estimate of drug-likeness (QED) is 0.806. The zero-order valence-corrected chi connectivity index (χ0v) is 10.4. The summed E-state index contributed by atoms with van der Waals surface area (Å²) in [5.74, 6) is 0.660. The lowest BCUT2D eigenvalue weighted by Crippen LogP contribution is -2.29. The zero-order chi connectivity index (χ0) is 12.3. The number of ketones is 1. The van der Waals surface area contributed by atoms with Crippen molar-refractivity contribution < 1.29 is 4.79 Å². The number of rotatable bonds is 3. The molecule has 17 heavy (non-hydrogen) atoms. The molecule has 2 N–H and O–H groups in total. The normalized spacial score (nSPS) is 18.2. The highest BCUT2D eigenvalue weighted by molar-refractivity contribution is 5.97. The Balaban J connectivity index is 2.05. The van der Waals surface area contributed by atoms with Gasteiger partial charge < -0.3 is 10.6 Å². The topological polar surface area (TPSA) is 46.3 Å². The van der Waals surface area contributed by atoms with E-state index in [1.807, 2.05) is 12.1 Å². The van der Waals surface area contributed by atoms with Crippen molar-refractivity contribution in [3.8, 4) is 0 Å². The molecule has 1 aromatic carbocycles. The Labute approximate surface area is 103 Å². The zero-order valence-electron chi connectivity index (χ0n) is 10.4. The fourth-order valence-electron chi connectivity index (χ4n) is 2.40. The third-order valence-corrected chi connectivity index (χ3v) is 3.61. The highest BCUT2D eigenvalue weighted by Crippen LogP contribution is 2.27. The average molecular weight is 232 g/mol. The highest BCUT2D eigenvalue weighted by atomic mass is 16.1. The molecule has 3 heteroatoms. The van der Waals surface area contributed by atoms with E-state index in [9.17, 15) is 4.79 Å². The monoisotopic (exact) mass is 232 g/mol. The molecule has 1 heterocycles. The summed E-state index contributed by atoms with van der Waals surface area (Å²) in [4.78, 5) is 13.8. The van der Waals surface area contributed by atoms with Crippen LogP contribution in [0.2, 0.25) is 0 Å². The minimum Gasteiger partial charge on any atom is -0.324 e. The van der Waals surface area contributed by atoms with Crippen LogP contribution in [0.25, 0.3) is 0 Å². The fourth-order valence-corrected chi connectivity index (χ4v) is 2.40. The van der Waals surface area contributed by atoms with Crippen molar-refractivity contribution in [3.63, 3.8) is 0 Å². The molecule has 1 aromatic rings. The van der Waals surface area contributed by atoms with Gasteiger partial charge >= 0.3 is 0 Å². The number of benzene rings is 1. The van der Waals surface area contributed by atoms with Crippen LogP contribution in [0.1, 0.15) is 34.7 Å². The third-order valence-electron chi connectivity index (χ3n) is 3.61. The first-order valence-electron chi connectivity index (χ1n) is 6.22. The molecular formula is C14H20N2O. The molecule has 0 amide bonds. The van der Waals surface area contributed by atoms with Gasteiger partial charge in [-0.2, -0.15) is 0 Å². The lowest BCUT2D eigenvalue weighted by atomic mass is 9.89. The van der Waals surface area contributed by atoms with E-state index >= 15 is 0 Å². The van der Waals surface area contributed by atoms with E-state index in [2.05, 4.69) is 24.1 Å². The molecule has 0 unspecified atom stereocenters. The van der Waals surface area contributed by atoms with Crippen molar-refractivity contribution in [1.29, 1.82) is 0 Å². The minimum atomic E-state index is 0.0138. The molecule has 0 saturated carbocycles. The molecule has 1 fully saturated rings. The van der Waals surface area contributed by atoms with E-state index in [4.69, 9.17) is 5.73 Å². The van der Waals surface area contributed by atoms with Crippen molar-refractivity contribution in [2.75, 3.05) is 26.7 Å². The number of likely N-dealkylation sites (tertiary alicyclic amines) is 1. The Bertz CT molecular complexity index is 378. The van der Waals surface area contributed by atoms with Crippen LogP contribution in [0.3, 0.4) is 0 Å². The third kappa shape index (κ3) is 2.93. The first kappa shape index (κ1) is 12.3. The number of nitrogens with two attached hydrogens (primary N) is 1. The summed E-state index contributed by atoms with van der Waals surface area (Å²) in [6, 6.07) is 7.98. The van der Waals surface area contributed by atoms with Gasteiger partial charge in [0.1, 0.15) is 0 Å². The maximum absolute atomic E-state index is 11.4. The second-order valence-electron chi connectivity index (χ2n) is 4.83. The van der Waals surface area contributed by atoms with Gasteiger partial charge in [0.15, 0.2) is 5.78 Å². The van der Waals surface area contributed by atoms with E-state index in [-0.39, 0.29) is 12.3 Å². The second kappa shape index (κ2) is 5.43. The molecule has 0 aromatic heterocycles.